The van der Waals surface area contributed by atoms with Crippen LogP contribution >= 0.6 is 11.6 Å². The SMILES string of the molecule is N#Cc1cc(F)c(Cl)cc1OC(CCCO)c1ccccn1. The van der Waals surface area contributed by atoms with E-state index in [9.17, 15) is 4.39 Å². The molecule has 0 fully saturated rings. The average Bonchev–Trinajstić information content (AvgIpc) is 2.55. The zero-order valence-electron chi connectivity index (χ0n) is 11.7. The smallest absolute Gasteiger partial charge is 0.143 e. The van der Waals surface area contributed by atoms with Crippen LogP contribution in [0.4, 0.5) is 4.39 Å². The number of aliphatic hydroxyl groups is 1. The maximum absolute atomic E-state index is 13.4. The van der Waals surface area contributed by atoms with E-state index in [0.717, 1.165) is 6.07 Å². The number of aliphatic hydroxyl groups excluding tert-OH is 1. The summed E-state index contributed by atoms with van der Waals surface area (Å²) in [5.74, 6) is -0.474. The van der Waals surface area contributed by atoms with Crippen LogP contribution in [0, 0.1) is 17.1 Å². The molecule has 1 unspecified atom stereocenters. The average molecular weight is 321 g/mol. The summed E-state index contributed by atoms with van der Waals surface area (Å²) in [4.78, 5) is 4.23. The van der Waals surface area contributed by atoms with E-state index in [1.54, 1.807) is 18.3 Å². The summed E-state index contributed by atoms with van der Waals surface area (Å²) in [5, 5.41) is 18.0. The van der Waals surface area contributed by atoms with Crippen molar-refractivity contribution in [1.82, 2.24) is 4.98 Å². The van der Waals surface area contributed by atoms with Crippen molar-refractivity contribution < 1.29 is 14.2 Å². The number of halogens is 2. The molecule has 0 aliphatic heterocycles. The molecule has 0 aliphatic carbocycles. The van der Waals surface area contributed by atoms with E-state index in [0.29, 0.717) is 18.5 Å². The first-order valence-electron chi connectivity index (χ1n) is 6.73. The van der Waals surface area contributed by atoms with Crippen LogP contribution in [0.3, 0.4) is 0 Å². The minimum Gasteiger partial charge on any atom is -0.483 e. The normalized spacial score (nSPS) is 11.7. The van der Waals surface area contributed by atoms with Crippen molar-refractivity contribution >= 4 is 11.6 Å². The van der Waals surface area contributed by atoms with Gasteiger partial charge in [0.15, 0.2) is 0 Å². The molecule has 1 aromatic heterocycles. The summed E-state index contributed by atoms with van der Waals surface area (Å²) < 4.78 is 19.2. The van der Waals surface area contributed by atoms with E-state index in [4.69, 9.17) is 26.7 Å². The Kier molecular flexibility index (Phi) is 5.70. The number of nitriles is 1. The summed E-state index contributed by atoms with van der Waals surface area (Å²) in [7, 11) is 0. The minimum absolute atomic E-state index is 0.0158. The van der Waals surface area contributed by atoms with Gasteiger partial charge in [-0.05, 0) is 31.0 Å². The summed E-state index contributed by atoms with van der Waals surface area (Å²) >= 11 is 5.76. The van der Waals surface area contributed by atoms with E-state index >= 15 is 0 Å². The van der Waals surface area contributed by atoms with Crippen LogP contribution in [-0.4, -0.2) is 16.7 Å². The van der Waals surface area contributed by atoms with Crippen LogP contribution in [-0.2, 0) is 0 Å². The second-order valence-corrected chi connectivity index (χ2v) is 5.01. The Bertz CT molecular complexity index is 674. The highest BCUT2D eigenvalue weighted by atomic mass is 35.5. The first kappa shape index (κ1) is 16.2. The lowest BCUT2D eigenvalue weighted by molar-refractivity contribution is 0.171. The second kappa shape index (κ2) is 7.74. The van der Waals surface area contributed by atoms with E-state index < -0.39 is 11.9 Å². The predicted octanol–water partition coefficient (Wildman–Crippen LogP) is 3.64. The largest absolute Gasteiger partial charge is 0.483 e. The maximum Gasteiger partial charge on any atom is 0.143 e. The Morgan fingerprint density at radius 2 is 2.23 bits per heavy atom. The van der Waals surface area contributed by atoms with Crippen molar-refractivity contribution in [2.24, 2.45) is 0 Å². The van der Waals surface area contributed by atoms with E-state index in [-0.39, 0.29) is 22.9 Å². The van der Waals surface area contributed by atoms with Gasteiger partial charge in [0.1, 0.15) is 23.7 Å². The van der Waals surface area contributed by atoms with Gasteiger partial charge in [-0.15, -0.1) is 0 Å². The van der Waals surface area contributed by atoms with Gasteiger partial charge in [-0.3, -0.25) is 4.98 Å². The molecule has 1 aromatic carbocycles. The molecule has 1 atom stereocenters. The molecular formula is C16H14ClFN2O2. The van der Waals surface area contributed by atoms with Gasteiger partial charge in [0.05, 0.1) is 16.3 Å². The maximum atomic E-state index is 13.4. The molecule has 1 heterocycles. The number of hydrogen-bond acceptors (Lipinski definition) is 4. The monoisotopic (exact) mass is 320 g/mol. The fraction of sp³-hybridized carbons (Fsp3) is 0.250. The van der Waals surface area contributed by atoms with Crippen LogP contribution in [0.1, 0.15) is 30.2 Å². The van der Waals surface area contributed by atoms with E-state index in [2.05, 4.69) is 4.98 Å². The highest BCUT2D eigenvalue weighted by Crippen LogP contribution is 2.31. The number of nitrogens with zero attached hydrogens (tertiary/aromatic N) is 2. The summed E-state index contributed by atoms with van der Waals surface area (Å²) in [5.41, 5.74) is 0.729. The van der Waals surface area contributed by atoms with Gasteiger partial charge in [-0.25, -0.2) is 4.39 Å². The third-order valence-corrected chi connectivity index (χ3v) is 3.34. The third-order valence-electron chi connectivity index (χ3n) is 3.05. The predicted molar refractivity (Wildman–Crippen MR) is 80.1 cm³/mol. The standard InChI is InChI=1S/C16H14ClFN2O2/c17-12-9-16(11(10-19)8-13(12)18)22-15(5-3-7-21)14-4-1-2-6-20-14/h1-2,4,6,8-9,15,21H,3,5,7H2. The minimum atomic E-state index is -0.671. The number of rotatable bonds is 6. The van der Waals surface area contributed by atoms with Crippen LogP contribution in [0.5, 0.6) is 5.75 Å². The lowest BCUT2D eigenvalue weighted by Gasteiger charge is -2.19. The fourth-order valence-electron chi connectivity index (χ4n) is 1.98. The topological polar surface area (TPSA) is 66.1 Å². The molecule has 0 spiro atoms. The van der Waals surface area contributed by atoms with Gasteiger partial charge in [-0.2, -0.15) is 5.26 Å². The summed E-state index contributed by atoms with van der Waals surface area (Å²) in [6.07, 6.45) is 2.20. The van der Waals surface area contributed by atoms with Gasteiger partial charge >= 0.3 is 0 Å². The molecule has 0 amide bonds. The molecule has 4 nitrogen and oxygen atoms in total. The van der Waals surface area contributed by atoms with Crippen molar-refractivity contribution in [3.63, 3.8) is 0 Å². The summed E-state index contributed by atoms with van der Waals surface area (Å²) in [6.45, 7) is 0.0158. The number of pyridine rings is 1. The molecular weight excluding hydrogens is 307 g/mol. The van der Waals surface area contributed by atoms with Crippen molar-refractivity contribution in [1.29, 1.82) is 5.26 Å². The molecule has 22 heavy (non-hydrogen) atoms. The van der Waals surface area contributed by atoms with E-state index in [1.807, 2.05) is 12.1 Å². The molecule has 0 radical (unpaired) electrons. The fourth-order valence-corrected chi connectivity index (χ4v) is 2.13. The molecule has 0 saturated heterocycles. The Morgan fingerprint density at radius 1 is 1.41 bits per heavy atom. The summed E-state index contributed by atoms with van der Waals surface area (Å²) in [6, 6.07) is 9.60. The first-order chi connectivity index (χ1) is 10.7. The molecule has 2 aromatic rings. The first-order valence-corrected chi connectivity index (χ1v) is 7.11. The molecule has 0 bridgehead atoms. The molecule has 0 aliphatic rings. The van der Waals surface area contributed by atoms with Crippen LogP contribution < -0.4 is 4.74 Å². The number of benzene rings is 1. The Hall–Kier alpha value is -2.16. The zero-order chi connectivity index (χ0) is 15.9. The van der Waals surface area contributed by atoms with Crippen molar-refractivity contribution in [3.8, 4) is 11.8 Å². The Balaban J connectivity index is 2.31. The number of hydrogen-bond donors (Lipinski definition) is 1. The number of aromatic nitrogens is 1. The molecule has 0 saturated carbocycles. The molecule has 1 N–H and O–H groups in total. The van der Waals surface area contributed by atoms with Gasteiger partial charge in [0.2, 0.25) is 0 Å². The van der Waals surface area contributed by atoms with Gasteiger partial charge in [-0.1, -0.05) is 17.7 Å². The lowest BCUT2D eigenvalue weighted by atomic mass is 10.1. The number of ether oxygens (including phenoxy) is 1. The second-order valence-electron chi connectivity index (χ2n) is 4.60. The molecule has 6 heteroatoms. The van der Waals surface area contributed by atoms with Crippen LogP contribution in [0.25, 0.3) is 0 Å². The van der Waals surface area contributed by atoms with Gasteiger partial charge in [0.25, 0.3) is 0 Å². The highest BCUT2D eigenvalue weighted by Gasteiger charge is 2.18. The molecule has 2 rings (SSSR count). The van der Waals surface area contributed by atoms with Gasteiger partial charge in [0, 0.05) is 18.9 Å². The Morgan fingerprint density at radius 3 is 2.86 bits per heavy atom. The van der Waals surface area contributed by atoms with Gasteiger partial charge < -0.3 is 9.84 Å². The van der Waals surface area contributed by atoms with Crippen molar-refractivity contribution in [3.05, 3.63) is 58.6 Å². The van der Waals surface area contributed by atoms with Crippen LogP contribution in [0.15, 0.2) is 36.5 Å². The Labute approximate surface area is 132 Å². The van der Waals surface area contributed by atoms with Crippen molar-refractivity contribution in [2.45, 2.75) is 18.9 Å². The van der Waals surface area contributed by atoms with Crippen LogP contribution in [0.2, 0.25) is 5.02 Å². The molecule has 114 valence electrons. The van der Waals surface area contributed by atoms with E-state index in [1.165, 1.54) is 6.07 Å². The zero-order valence-corrected chi connectivity index (χ0v) is 12.4. The quantitative estimate of drug-likeness (QED) is 0.882. The highest BCUT2D eigenvalue weighted by molar-refractivity contribution is 6.30. The van der Waals surface area contributed by atoms with Crippen molar-refractivity contribution in [2.75, 3.05) is 6.61 Å². The third kappa shape index (κ3) is 3.94. The lowest BCUT2D eigenvalue weighted by Crippen LogP contribution is -2.11.